The van der Waals surface area contributed by atoms with E-state index in [0.29, 0.717) is 25.9 Å². The minimum Gasteiger partial charge on any atom is -0.341 e. The summed E-state index contributed by atoms with van der Waals surface area (Å²) in [5, 5.41) is 8.59. The maximum absolute atomic E-state index is 13.3. The second-order valence-corrected chi connectivity index (χ2v) is 9.25. The molecule has 0 saturated carbocycles. The summed E-state index contributed by atoms with van der Waals surface area (Å²) in [5.41, 5.74) is 2.13. The number of nitrogens with zero attached hydrogens (tertiary/aromatic N) is 6. The molecule has 8 heteroatoms. The number of aryl methyl sites for hydroxylation is 1. The Labute approximate surface area is 190 Å². The van der Waals surface area contributed by atoms with E-state index in [2.05, 4.69) is 22.4 Å². The van der Waals surface area contributed by atoms with E-state index in [1.165, 1.54) is 5.56 Å². The summed E-state index contributed by atoms with van der Waals surface area (Å²) in [6, 6.07) is 9.81. The molecule has 2 aliphatic rings. The highest BCUT2D eigenvalue weighted by atomic mass is 16.2. The Morgan fingerprint density at radius 2 is 1.88 bits per heavy atom. The van der Waals surface area contributed by atoms with Crippen LogP contribution in [0.4, 0.5) is 0 Å². The predicted octanol–water partition coefficient (Wildman–Crippen LogP) is 2.13. The van der Waals surface area contributed by atoms with E-state index < -0.39 is 6.04 Å². The third-order valence-corrected chi connectivity index (χ3v) is 6.41. The van der Waals surface area contributed by atoms with E-state index >= 15 is 0 Å². The van der Waals surface area contributed by atoms with Gasteiger partial charge < -0.3 is 14.7 Å². The third kappa shape index (κ3) is 5.35. The molecule has 2 amide bonds. The summed E-state index contributed by atoms with van der Waals surface area (Å²) in [6.07, 6.45) is 6.74. The molecule has 2 fully saturated rings. The van der Waals surface area contributed by atoms with Crippen LogP contribution in [0.3, 0.4) is 0 Å². The molecule has 0 radical (unpaired) electrons. The average molecular weight is 439 g/mol. The van der Waals surface area contributed by atoms with E-state index in [0.717, 1.165) is 44.5 Å². The Kier molecular flexibility index (Phi) is 7.19. The van der Waals surface area contributed by atoms with Gasteiger partial charge in [-0.3, -0.25) is 9.59 Å². The van der Waals surface area contributed by atoms with E-state index in [1.807, 2.05) is 57.9 Å². The molecule has 4 rings (SSSR count). The van der Waals surface area contributed by atoms with Crippen LogP contribution in [0, 0.1) is 0 Å². The highest BCUT2D eigenvalue weighted by Crippen LogP contribution is 2.30. The summed E-state index contributed by atoms with van der Waals surface area (Å²) in [4.78, 5) is 32.2. The van der Waals surface area contributed by atoms with Gasteiger partial charge >= 0.3 is 0 Å². The summed E-state index contributed by atoms with van der Waals surface area (Å²) >= 11 is 0. The first-order valence-electron chi connectivity index (χ1n) is 11.7. The molecule has 2 aromatic rings. The Morgan fingerprint density at radius 3 is 2.59 bits per heavy atom. The quantitative estimate of drug-likeness (QED) is 0.631. The summed E-state index contributed by atoms with van der Waals surface area (Å²) < 4.78 is 1.85. The van der Waals surface area contributed by atoms with Crippen LogP contribution in [0.1, 0.15) is 49.4 Å². The van der Waals surface area contributed by atoms with Crippen molar-refractivity contribution in [2.24, 2.45) is 0 Å². The molecule has 2 aliphatic heterocycles. The number of aromatic nitrogens is 3. The fraction of sp³-hybridized carbons (Fsp3) is 0.583. The van der Waals surface area contributed by atoms with Crippen molar-refractivity contribution in [3.05, 3.63) is 47.8 Å². The first-order valence-corrected chi connectivity index (χ1v) is 11.7. The Bertz CT molecular complexity index is 906. The molecule has 0 spiro atoms. The molecule has 0 unspecified atom stereocenters. The standard InChI is InChI=1S/C24H34N6O2/c1-27(2)16-20-17-30(26-25-20)21-15-22(24(32)28-13-6-7-14-28)29(18-21)23(31)12-8-11-19-9-4-3-5-10-19/h3-5,9-10,17,21-22H,6-8,11-16,18H2,1-2H3/t21-,22-/m0/s1. The van der Waals surface area contributed by atoms with Crippen LogP contribution in [0.2, 0.25) is 0 Å². The molecule has 2 atom stereocenters. The van der Waals surface area contributed by atoms with Gasteiger partial charge in [-0.25, -0.2) is 4.68 Å². The maximum atomic E-state index is 13.3. The number of carbonyl (C=O) groups excluding carboxylic acids is 2. The fourth-order valence-corrected chi connectivity index (χ4v) is 4.78. The average Bonchev–Trinajstić information content (AvgIpc) is 3.54. The smallest absolute Gasteiger partial charge is 0.245 e. The second kappa shape index (κ2) is 10.3. The van der Waals surface area contributed by atoms with Gasteiger partial charge in [0, 0.05) is 39.0 Å². The van der Waals surface area contributed by atoms with Gasteiger partial charge in [0.15, 0.2) is 0 Å². The summed E-state index contributed by atoms with van der Waals surface area (Å²) in [6.45, 7) is 2.82. The minimum atomic E-state index is -0.399. The molecule has 1 aromatic carbocycles. The van der Waals surface area contributed by atoms with Crippen LogP contribution < -0.4 is 0 Å². The molecule has 0 N–H and O–H groups in total. The zero-order chi connectivity index (χ0) is 22.5. The number of benzene rings is 1. The topological polar surface area (TPSA) is 74.6 Å². The molecular formula is C24H34N6O2. The zero-order valence-corrected chi connectivity index (χ0v) is 19.2. The molecule has 3 heterocycles. The third-order valence-electron chi connectivity index (χ3n) is 6.41. The lowest BCUT2D eigenvalue weighted by molar-refractivity contribution is -0.143. The Morgan fingerprint density at radius 1 is 1.12 bits per heavy atom. The lowest BCUT2D eigenvalue weighted by Crippen LogP contribution is -2.46. The van der Waals surface area contributed by atoms with Gasteiger partial charge in [-0.05, 0) is 45.3 Å². The van der Waals surface area contributed by atoms with Crippen LogP contribution in [0.5, 0.6) is 0 Å². The van der Waals surface area contributed by atoms with Gasteiger partial charge in [0.05, 0.1) is 17.9 Å². The Hall–Kier alpha value is -2.74. The molecule has 172 valence electrons. The van der Waals surface area contributed by atoms with Crippen molar-refractivity contribution in [3.63, 3.8) is 0 Å². The lowest BCUT2D eigenvalue weighted by Gasteiger charge is -2.27. The van der Waals surface area contributed by atoms with E-state index in [4.69, 9.17) is 0 Å². The van der Waals surface area contributed by atoms with Gasteiger partial charge in [-0.1, -0.05) is 35.5 Å². The van der Waals surface area contributed by atoms with E-state index in [-0.39, 0.29) is 17.9 Å². The van der Waals surface area contributed by atoms with E-state index in [9.17, 15) is 9.59 Å². The van der Waals surface area contributed by atoms with Crippen LogP contribution in [0.25, 0.3) is 0 Å². The maximum Gasteiger partial charge on any atom is 0.245 e. The molecule has 32 heavy (non-hydrogen) atoms. The molecule has 1 aromatic heterocycles. The van der Waals surface area contributed by atoms with Gasteiger partial charge in [-0.2, -0.15) is 0 Å². The molecule has 8 nitrogen and oxygen atoms in total. The van der Waals surface area contributed by atoms with Crippen molar-refractivity contribution in [1.82, 2.24) is 29.7 Å². The van der Waals surface area contributed by atoms with Gasteiger partial charge in [0.25, 0.3) is 0 Å². The number of hydrogen-bond donors (Lipinski definition) is 0. The van der Waals surface area contributed by atoms with Crippen molar-refractivity contribution in [1.29, 1.82) is 0 Å². The molecule has 0 bridgehead atoms. The highest BCUT2D eigenvalue weighted by Gasteiger charge is 2.42. The van der Waals surface area contributed by atoms with Crippen molar-refractivity contribution in [3.8, 4) is 0 Å². The van der Waals surface area contributed by atoms with Crippen molar-refractivity contribution in [2.45, 2.75) is 57.2 Å². The van der Waals surface area contributed by atoms with E-state index in [1.54, 1.807) is 0 Å². The SMILES string of the molecule is CN(C)Cc1cn([C@H]2C[C@@H](C(=O)N3CCCC3)N(C(=O)CCCc3ccccc3)C2)nn1. The van der Waals surface area contributed by atoms with Crippen LogP contribution in [-0.2, 0) is 22.6 Å². The predicted molar refractivity (Wildman–Crippen MR) is 122 cm³/mol. The van der Waals surface area contributed by atoms with Gasteiger partial charge in [0.1, 0.15) is 6.04 Å². The largest absolute Gasteiger partial charge is 0.341 e. The van der Waals surface area contributed by atoms with Crippen molar-refractivity contribution in [2.75, 3.05) is 33.7 Å². The van der Waals surface area contributed by atoms with Gasteiger partial charge in [0.2, 0.25) is 11.8 Å². The monoisotopic (exact) mass is 438 g/mol. The van der Waals surface area contributed by atoms with Gasteiger partial charge in [-0.15, -0.1) is 5.10 Å². The number of likely N-dealkylation sites (tertiary alicyclic amines) is 2. The summed E-state index contributed by atoms with van der Waals surface area (Å²) in [7, 11) is 3.99. The fourth-order valence-electron chi connectivity index (χ4n) is 4.78. The number of hydrogen-bond acceptors (Lipinski definition) is 5. The van der Waals surface area contributed by atoms with Crippen LogP contribution in [0.15, 0.2) is 36.5 Å². The number of amides is 2. The number of rotatable bonds is 8. The zero-order valence-electron chi connectivity index (χ0n) is 19.2. The van der Waals surface area contributed by atoms with Crippen LogP contribution >= 0.6 is 0 Å². The second-order valence-electron chi connectivity index (χ2n) is 9.25. The van der Waals surface area contributed by atoms with Crippen molar-refractivity contribution < 1.29 is 9.59 Å². The first-order chi connectivity index (χ1) is 15.5. The summed E-state index contributed by atoms with van der Waals surface area (Å²) in [5.74, 6) is 0.157. The molecular weight excluding hydrogens is 404 g/mol. The first kappa shape index (κ1) is 22.5. The molecule has 0 aliphatic carbocycles. The molecule has 2 saturated heterocycles. The Balaban J connectivity index is 1.43. The number of carbonyl (C=O) groups is 2. The normalized spacial score (nSPS) is 21.0. The van der Waals surface area contributed by atoms with Crippen LogP contribution in [-0.4, -0.2) is 81.3 Å². The minimum absolute atomic E-state index is 0.0203. The lowest BCUT2D eigenvalue weighted by atomic mass is 10.1. The van der Waals surface area contributed by atoms with Crippen molar-refractivity contribution >= 4 is 11.8 Å². The highest BCUT2D eigenvalue weighted by molar-refractivity contribution is 5.88.